The summed E-state index contributed by atoms with van der Waals surface area (Å²) < 4.78 is 58.1. The van der Waals surface area contributed by atoms with Crippen LogP contribution in [0.3, 0.4) is 0 Å². The van der Waals surface area contributed by atoms with Gasteiger partial charge in [0, 0.05) is 7.11 Å². The SMILES string of the molecule is COCc1nc(COCC(F)(F)C(F)F)sc1C(=O)O. The molecule has 0 fully saturated rings. The van der Waals surface area contributed by atoms with Crippen LogP contribution in [0, 0.1) is 0 Å². The molecule has 0 saturated heterocycles. The highest BCUT2D eigenvalue weighted by atomic mass is 32.1. The zero-order chi connectivity index (χ0) is 15.3. The largest absolute Gasteiger partial charge is 0.477 e. The summed E-state index contributed by atoms with van der Waals surface area (Å²) in [5.41, 5.74) is 0.129. The number of hydrogen-bond donors (Lipinski definition) is 1. The van der Waals surface area contributed by atoms with Gasteiger partial charge in [0.1, 0.15) is 16.5 Å². The van der Waals surface area contributed by atoms with Crippen LogP contribution in [0.5, 0.6) is 0 Å². The van der Waals surface area contributed by atoms with E-state index in [1.807, 2.05) is 0 Å². The molecule has 0 saturated carbocycles. The van der Waals surface area contributed by atoms with Gasteiger partial charge in [0.15, 0.2) is 0 Å². The van der Waals surface area contributed by atoms with Gasteiger partial charge in [-0.25, -0.2) is 18.6 Å². The molecule has 0 bridgehead atoms. The van der Waals surface area contributed by atoms with Gasteiger partial charge in [-0.05, 0) is 0 Å². The molecule has 20 heavy (non-hydrogen) atoms. The average molecular weight is 317 g/mol. The molecule has 1 rings (SSSR count). The number of halogens is 4. The van der Waals surface area contributed by atoms with Gasteiger partial charge < -0.3 is 14.6 Å². The van der Waals surface area contributed by atoms with Crippen LogP contribution in [0.1, 0.15) is 20.4 Å². The number of carbonyl (C=O) groups is 1. The maximum atomic E-state index is 12.6. The minimum Gasteiger partial charge on any atom is -0.477 e. The first-order valence-electron chi connectivity index (χ1n) is 5.22. The van der Waals surface area contributed by atoms with Crippen molar-refractivity contribution in [1.82, 2.24) is 4.98 Å². The van der Waals surface area contributed by atoms with E-state index in [1.165, 1.54) is 7.11 Å². The van der Waals surface area contributed by atoms with Crippen LogP contribution in [0.15, 0.2) is 0 Å². The van der Waals surface area contributed by atoms with Crippen LogP contribution in [0.25, 0.3) is 0 Å². The van der Waals surface area contributed by atoms with E-state index in [0.29, 0.717) is 0 Å². The minimum atomic E-state index is -4.25. The number of rotatable bonds is 8. The molecule has 0 aromatic carbocycles. The Labute approximate surface area is 115 Å². The Balaban J connectivity index is 2.65. The first kappa shape index (κ1) is 16.8. The zero-order valence-electron chi connectivity index (χ0n) is 10.2. The fourth-order valence-electron chi connectivity index (χ4n) is 1.20. The molecular formula is C10H11F4NO4S. The van der Waals surface area contributed by atoms with Crippen molar-refractivity contribution in [3.05, 3.63) is 15.6 Å². The smallest absolute Gasteiger partial charge is 0.347 e. The number of alkyl halides is 4. The van der Waals surface area contributed by atoms with Crippen LogP contribution in [-0.2, 0) is 22.7 Å². The van der Waals surface area contributed by atoms with Crippen molar-refractivity contribution >= 4 is 17.3 Å². The third-order valence-electron chi connectivity index (χ3n) is 2.06. The lowest BCUT2D eigenvalue weighted by Crippen LogP contribution is -2.32. The number of carboxylic acid groups (broad SMARTS) is 1. The topological polar surface area (TPSA) is 68.7 Å². The van der Waals surface area contributed by atoms with Gasteiger partial charge in [0.05, 0.1) is 18.9 Å². The summed E-state index contributed by atoms with van der Waals surface area (Å²) >= 11 is 0.718. The number of hydrogen-bond acceptors (Lipinski definition) is 5. The molecule has 0 aliphatic heterocycles. The average Bonchev–Trinajstić information content (AvgIpc) is 2.72. The first-order valence-corrected chi connectivity index (χ1v) is 6.04. The number of aromatic carboxylic acids is 1. The third kappa shape index (κ3) is 4.39. The number of aromatic nitrogens is 1. The third-order valence-corrected chi connectivity index (χ3v) is 3.12. The van der Waals surface area contributed by atoms with Crippen molar-refractivity contribution in [2.45, 2.75) is 25.6 Å². The van der Waals surface area contributed by atoms with E-state index < -0.39 is 31.5 Å². The quantitative estimate of drug-likeness (QED) is 0.746. The monoisotopic (exact) mass is 317 g/mol. The van der Waals surface area contributed by atoms with Gasteiger partial charge in [-0.2, -0.15) is 8.78 Å². The summed E-state index contributed by atoms with van der Waals surface area (Å²) in [6.45, 7) is -2.01. The molecule has 1 aromatic heterocycles. The molecule has 0 aliphatic carbocycles. The summed E-state index contributed by atoms with van der Waals surface area (Å²) in [4.78, 5) is 14.6. The van der Waals surface area contributed by atoms with E-state index in [0.717, 1.165) is 11.3 Å². The lowest BCUT2D eigenvalue weighted by atomic mass is 10.4. The lowest BCUT2D eigenvalue weighted by Gasteiger charge is -2.14. The van der Waals surface area contributed by atoms with Crippen molar-refractivity contribution in [2.24, 2.45) is 0 Å². The molecule has 0 atom stereocenters. The van der Waals surface area contributed by atoms with Crippen molar-refractivity contribution < 1.29 is 36.9 Å². The highest BCUT2D eigenvalue weighted by Crippen LogP contribution is 2.25. The van der Waals surface area contributed by atoms with Crippen LogP contribution in [0.2, 0.25) is 0 Å². The molecule has 114 valence electrons. The fourth-order valence-corrected chi connectivity index (χ4v) is 2.05. The highest BCUT2D eigenvalue weighted by molar-refractivity contribution is 7.13. The van der Waals surface area contributed by atoms with Crippen LogP contribution < -0.4 is 0 Å². The number of carboxylic acids is 1. The van der Waals surface area contributed by atoms with Crippen LogP contribution in [0.4, 0.5) is 17.6 Å². The van der Waals surface area contributed by atoms with E-state index in [4.69, 9.17) is 9.84 Å². The van der Waals surface area contributed by atoms with Crippen molar-refractivity contribution in [2.75, 3.05) is 13.7 Å². The fraction of sp³-hybridized carbons (Fsp3) is 0.600. The normalized spacial score (nSPS) is 12.1. The van der Waals surface area contributed by atoms with Gasteiger partial charge in [-0.15, -0.1) is 11.3 Å². The van der Waals surface area contributed by atoms with Crippen LogP contribution in [-0.4, -0.2) is 42.1 Å². The van der Waals surface area contributed by atoms with Crippen molar-refractivity contribution in [3.63, 3.8) is 0 Å². The Morgan fingerprint density at radius 3 is 2.60 bits per heavy atom. The molecule has 0 aliphatic rings. The molecule has 1 aromatic rings. The second-order valence-electron chi connectivity index (χ2n) is 3.68. The Morgan fingerprint density at radius 1 is 1.45 bits per heavy atom. The van der Waals surface area contributed by atoms with E-state index in [1.54, 1.807) is 0 Å². The number of ether oxygens (including phenoxy) is 2. The maximum absolute atomic E-state index is 12.6. The maximum Gasteiger partial charge on any atom is 0.347 e. The Morgan fingerprint density at radius 2 is 2.10 bits per heavy atom. The van der Waals surface area contributed by atoms with E-state index >= 15 is 0 Å². The molecule has 1 N–H and O–H groups in total. The summed E-state index contributed by atoms with van der Waals surface area (Å²) in [6, 6.07) is 0. The summed E-state index contributed by atoms with van der Waals surface area (Å²) in [7, 11) is 1.34. The van der Waals surface area contributed by atoms with Gasteiger partial charge in [-0.1, -0.05) is 0 Å². The molecular weight excluding hydrogens is 306 g/mol. The predicted octanol–water partition coefficient (Wildman–Crippen LogP) is 2.40. The van der Waals surface area contributed by atoms with Gasteiger partial charge in [0.2, 0.25) is 0 Å². The number of nitrogens with zero attached hydrogens (tertiary/aromatic N) is 1. The zero-order valence-corrected chi connectivity index (χ0v) is 11.1. The summed E-state index contributed by atoms with van der Waals surface area (Å²) in [5, 5.41) is 8.98. The standard InChI is InChI=1S/C10H11F4NO4S/c1-18-2-5-7(8(16)17)20-6(15-5)3-19-4-10(13,14)9(11)12/h9H,2-4H2,1H3,(H,16,17). The predicted molar refractivity (Wildman–Crippen MR) is 60.4 cm³/mol. The molecule has 1 heterocycles. The van der Waals surface area contributed by atoms with Crippen molar-refractivity contribution in [3.8, 4) is 0 Å². The number of methoxy groups -OCH3 is 1. The van der Waals surface area contributed by atoms with Gasteiger partial charge in [0.25, 0.3) is 0 Å². The molecule has 0 unspecified atom stereocenters. The van der Waals surface area contributed by atoms with E-state index in [9.17, 15) is 22.4 Å². The minimum absolute atomic E-state index is 0.0642. The van der Waals surface area contributed by atoms with Crippen molar-refractivity contribution in [1.29, 1.82) is 0 Å². The Kier molecular flexibility index (Phi) is 5.84. The van der Waals surface area contributed by atoms with Gasteiger partial charge in [-0.3, -0.25) is 0 Å². The van der Waals surface area contributed by atoms with Gasteiger partial charge >= 0.3 is 18.3 Å². The second kappa shape index (κ2) is 6.95. The lowest BCUT2D eigenvalue weighted by molar-refractivity contribution is -0.168. The Hall–Kier alpha value is -1.26. The molecule has 10 heteroatoms. The summed E-state index contributed by atoms with van der Waals surface area (Å²) in [6.07, 6.45) is -3.82. The Bertz CT molecular complexity index is 466. The van der Waals surface area contributed by atoms with E-state index in [2.05, 4.69) is 9.72 Å². The first-order chi connectivity index (χ1) is 9.27. The molecule has 0 spiro atoms. The molecule has 0 radical (unpaired) electrons. The second-order valence-corrected chi connectivity index (χ2v) is 4.76. The van der Waals surface area contributed by atoms with Crippen LogP contribution >= 0.6 is 11.3 Å². The highest BCUT2D eigenvalue weighted by Gasteiger charge is 2.41. The van der Waals surface area contributed by atoms with E-state index in [-0.39, 0.29) is 22.2 Å². The molecule has 0 amide bonds. The summed E-state index contributed by atoms with van der Waals surface area (Å²) in [5.74, 6) is -5.49. The number of thiazole rings is 1. The molecule has 5 nitrogen and oxygen atoms in total.